The maximum absolute atomic E-state index is 11.6. The van der Waals surface area contributed by atoms with Gasteiger partial charge in [-0.2, -0.15) is 0 Å². The fourth-order valence-electron chi connectivity index (χ4n) is 1.33. The van der Waals surface area contributed by atoms with Crippen molar-refractivity contribution >= 4 is 28.2 Å². The first-order valence-electron chi connectivity index (χ1n) is 5.03. The SMILES string of the molecule is CC.Nc1c[nH]c2cc(O)c(O)c(Cl)c2c1=O. The van der Waals surface area contributed by atoms with Gasteiger partial charge in [-0.1, -0.05) is 25.4 Å². The van der Waals surface area contributed by atoms with Crippen LogP contribution in [0.1, 0.15) is 13.8 Å². The third-order valence-corrected chi connectivity index (χ3v) is 2.46. The molecule has 0 saturated heterocycles. The molecule has 1 aromatic carbocycles. The van der Waals surface area contributed by atoms with Gasteiger partial charge in [0.15, 0.2) is 11.5 Å². The van der Waals surface area contributed by atoms with Crippen LogP contribution in [0.5, 0.6) is 11.5 Å². The van der Waals surface area contributed by atoms with Crippen LogP contribution in [0.2, 0.25) is 5.02 Å². The van der Waals surface area contributed by atoms with E-state index in [4.69, 9.17) is 17.3 Å². The van der Waals surface area contributed by atoms with Gasteiger partial charge in [0, 0.05) is 12.3 Å². The Hall–Kier alpha value is -1.88. The monoisotopic (exact) mass is 256 g/mol. The lowest BCUT2D eigenvalue weighted by Gasteiger charge is -2.05. The number of anilines is 1. The van der Waals surface area contributed by atoms with E-state index in [1.165, 1.54) is 12.3 Å². The van der Waals surface area contributed by atoms with E-state index in [9.17, 15) is 15.0 Å². The van der Waals surface area contributed by atoms with Gasteiger partial charge in [0.25, 0.3) is 0 Å². The number of nitrogen functional groups attached to an aromatic ring is 1. The summed E-state index contributed by atoms with van der Waals surface area (Å²) >= 11 is 5.72. The molecule has 2 aromatic rings. The molecular weight excluding hydrogens is 244 g/mol. The van der Waals surface area contributed by atoms with Crippen molar-refractivity contribution in [3.63, 3.8) is 0 Å². The van der Waals surface area contributed by atoms with E-state index in [2.05, 4.69) is 4.98 Å². The van der Waals surface area contributed by atoms with Crippen LogP contribution in [0.3, 0.4) is 0 Å². The summed E-state index contributed by atoms with van der Waals surface area (Å²) in [5.41, 5.74) is 5.22. The van der Waals surface area contributed by atoms with Crippen molar-refractivity contribution in [1.29, 1.82) is 0 Å². The molecule has 2 rings (SSSR count). The van der Waals surface area contributed by atoms with Crippen molar-refractivity contribution in [3.8, 4) is 11.5 Å². The Labute approximate surface area is 102 Å². The molecule has 1 heterocycles. The molecule has 0 saturated carbocycles. The van der Waals surface area contributed by atoms with Gasteiger partial charge < -0.3 is 20.9 Å². The van der Waals surface area contributed by atoms with Crippen LogP contribution in [-0.2, 0) is 0 Å². The second-order valence-corrected chi connectivity index (χ2v) is 3.43. The van der Waals surface area contributed by atoms with Gasteiger partial charge in [-0.3, -0.25) is 4.79 Å². The molecule has 0 radical (unpaired) electrons. The van der Waals surface area contributed by atoms with Crippen LogP contribution < -0.4 is 11.2 Å². The highest BCUT2D eigenvalue weighted by Gasteiger charge is 2.14. The van der Waals surface area contributed by atoms with Gasteiger partial charge in [0.2, 0.25) is 5.43 Å². The van der Waals surface area contributed by atoms with Gasteiger partial charge in [0.05, 0.1) is 21.6 Å². The van der Waals surface area contributed by atoms with Crippen molar-refractivity contribution in [2.24, 2.45) is 0 Å². The molecule has 0 aliphatic carbocycles. The summed E-state index contributed by atoms with van der Waals surface area (Å²) in [5, 5.41) is 18.5. The first-order valence-corrected chi connectivity index (χ1v) is 5.41. The number of halogens is 1. The average Bonchev–Trinajstić information content (AvgIpc) is 2.33. The lowest BCUT2D eigenvalue weighted by Crippen LogP contribution is -2.09. The summed E-state index contributed by atoms with van der Waals surface area (Å²) in [7, 11) is 0. The lowest BCUT2D eigenvalue weighted by molar-refractivity contribution is 0.405. The number of nitrogens with two attached hydrogens (primary N) is 1. The summed E-state index contributed by atoms with van der Waals surface area (Å²) in [5.74, 6) is -0.923. The molecule has 0 spiro atoms. The molecule has 0 atom stereocenters. The normalized spacial score (nSPS) is 9.82. The molecule has 92 valence electrons. The van der Waals surface area contributed by atoms with Crippen LogP contribution in [-0.4, -0.2) is 15.2 Å². The smallest absolute Gasteiger partial charge is 0.213 e. The van der Waals surface area contributed by atoms with Crippen molar-refractivity contribution in [1.82, 2.24) is 4.98 Å². The van der Waals surface area contributed by atoms with Crippen LogP contribution in [0.15, 0.2) is 17.1 Å². The molecule has 0 amide bonds. The van der Waals surface area contributed by atoms with E-state index >= 15 is 0 Å². The summed E-state index contributed by atoms with van der Waals surface area (Å²) in [4.78, 5) is 14.3. The number of fused-ring (bicyclic) bond motifs is 1. The molecule has 5 nitrogen and oxygen atoms in total. The standard InChI is InChI=1S/C9H7ClN2O3.C2H6/c10-7-6-4(1-5(13)9(7)15)12-2-3(11)8(6)14;1-2/h1-2,13,15H,11H2,(H,12,14);1-2H3. The number of hydrogen-bond donors (Lipinski definition) is 4. The minimum absolute atomic E-state index is 0.00510. The minimum Gasteiger partial charge on any atom is -0.504 e. The summed E-state index contributed by atoms with van der Waals surface area (Å²) in [6.45, 7) is 4.00. The van der Waals surface area contributed by atoms with E-state index in [0.717, 1.165) is 0 Å². The number of aromatic amines is 1. The fourth-order valence-corrected chi connectivity index (χ4v) is 1.61. The largest absolute Gasteiger partial charge is 0.504 e. The van der Waals surface area contributed by atoms with Gasteiger partial charge in [-0.25, -0.2) is 0 Å². The predicted molar refractivity (Wildman–Crippen MR) is 68.7 cm³/mol. The number of aromatic nitrogens is 1. The summed E-state index contributed by atoms with van der Waals surface area (Å²) in [6, 6.07) is 1.21. The van der Waals surface area contributed by atoms with Crippen molar-refractivity contribution in [2.45, 2.75) is 13.8 Å². The Morgan fingerprint density at radius 3 is 2.53 bits per heavy atom. The number of benzene rings is 1. The number of phenols is 2. The molecular formula is C11H13ClN2O3. The van der Waals surface area contributed by atoms with Crippen LogP contribution >= 0.6 is 11.6 Å². The molecule has 0 aliphatic rings. The topological polar surface area (TPSA) is 99.3 Å². The number of phenolic OH excluding ortho intramolecular Hbond substituents is 2. The minimum atomic E-state index is -0.528. The van der Waals surface area contributed by atoms with Gasteiger partial charge in [-0.15, -0.1) is 0 Å². The molecule has 6 heteroatoms. The number of H-pyrrole nitrogens is 1. The zero-order chi connectivity index (χ0) is 13.2. The molecule has 1 aromatic heterocycles. The fraction of sp³-hybridized carbons (Fsp3) is 0.182. The second kappa shape index (κ2) is 4.97. The maximum Gasteiger partial charge on any atom is 0.213 e. The highest BCUT2D eigenvalue weighted by molar-refractivity contribution is 6.37. The van der Waals surface area contributed by atoms with Gasteiger partial charge in [-0.05, 0) is 0 Å². The van der Waals surface area contributed by atoms with E-state index < -0.39 is 16.9 Å². The van der Waals surface area contributed by atoms with Gasteiger partial charge in [0.1, 0.15) is 0 Å². The molecule has 0 aliphatic heterocycles. The number of nitrogens with one attached hydrogen (secondary N) is 1. The Kier molecular flexibility index (Phi) is 3.85. The van der Waals surface area contributed by atoms with Crippen molar-refractivity contribution in [3.05, 3.63) is 27.5 Å². The number of rotatable bonds is 0. The number of hydrogen-bond acceptors (Lipinski definition) is 4. The summed E-state index contributed by atoms with van der Waals surface area (Å²) in [6.07, 6.45) is 1.30. The molecule has 0 bridgehead atoms. The first kappa shape index (κ1) is 13.2. The third-order valence-electron chi connectivity index (χ3n) is 2.09. The lowest BCUT2D eigenvalue weighted by atomic mass is 10.2. The number of aromatic hydroxyl groups is 2. The Balaban J connectivity index is 0.000000686. The zero-order valence-electron chi connectivity index (χ0n) is 9.41. The van der Waals surface area contributed by atoms with Crippen molar-refractivity contribution < 1.29 is 10.2 Å². The molecule has 17 heavy (non-hydrogen) atoms. The van der Waals surface area contributed by atoms with Crippen molar-refractivity contribution in [2.75, 3.05) is 5.73 Å². The Morgan fingerprint density at radius 2 is 1.94 bits per heavy atom. The Bertz CT molecular complexity index is 608. The maximum atomic E-state index is 11.6. The van der Waals surface area contributed by atoms with E-state index in [0.29, 0.717) is 5.52 Å². The highest BCUT2D eigenvalue weighted by Crippen LogP contribution is 2.37. The van der Waals surface area contributed by atoms with Crippen LogP contribution in [0.4, 0.5) is 5.69 Å². The quantitative estimate of drug-likeness (QED) is 0.543. The number of pyridine rings is 1. The first-order chi connectivity index (χ1) is 8.02. The molecule has 0 fully saturated rings. The average molecular weight is 257 g/mol. The van der Waals surface area contributed by atoms with Crippen LogP contribution in [0.25, 0.3) is 10.9 Å². The third kappa shape index (κ3) is 2.14. The van der Waals surface area contributed by atoms with E-state index in [1.807, 2.05) is 13.8 Å². The molecule has 5 N–H and O–H groups in total. The van der Waals surface area contributed by atoms with E-state index in [1.54, 1.807) is 0 Å². The highest BCUT2D eigenvalue weighted by atomic mass is 35.5. The zero-order valence-corrected chi connectivity index (χ0v) is 10.2. The second-order valence-electron chi connectivity index (χ2n) is 3.05. The van der Waals surface area contributed by atoms with E-state index in [-0.39, 0.29) is 16.1 Å². The van der Waals surface area contributed by atoms with Crippen LogP contribution in [0, 0.1) is 0 Å². The summed E-state index contributed by atoms with van der Waals surface area (Å²) < 4.78 is 0. The predicted octanol–water partition coefficient (Wildman–Crippen LogP) is 2.20. The molecule has 0 unspecified atom stereocenters. The Morgan fingerprint density at radius 1 is 1.35 bits per heavy atom. The van der Waals surface area contributed by atoms with Gasteiger partial charge >= 0.3 is 0 Å².